The predicted molar refractivity (Wildman–Crippen MR) is 93.0 cm³/mol. The van der Waals surface area contributed by atoms with Crippen molar-refractivity contribution in [3.8, 4) is 0 Å². The van der Waals surface area contributed by atoms with E-state index >= 15 is 0 Å². The highest BCUT2D eigenvalue weighted by molar-refractivity contribution is 7.99. The molecule has 126 valence electrons. The molecular formula is C17H31N3OS. The number of thioether (sulfide) groups is 1. The fourth-order valence-electron chi connectivity index (χ4n) is 4.72. The molecule has 1 saturated heterocycles. The van der Waals surface area contributed by atoms with E-state index in [-0.39, 0.29) is 17.4 Å². The lowest BCUT2D eigenvalue weighted by Crippen LogP contribution is -2.57. The van der Waals surface area contributed by atoms with Crippen LogP contribution in [-0.4, -0.2) is 54.0 Å². The Morgan fingerprint density at radius 1 is 1.18 bits per heavy atom. The second-order valence-electron chi connectivity index (χ2n) is 7.28. The van der Waals surface area contributed by atoms with E-state index in [4.69, 9.17) is 5.73 Å². The lowest BCUT2D eigenvalue weighted by molar-refractivity contribution is -0.126. The molecule has 1 heterocycles. The Hall–Kier alpha value is -0.260. The van der Waals surface area contributed by atoms with Gasteiger partial charge < -0.3 is 11.1 Å². The normalized spacial score (nSPS) is 32.2. The van der Waals surface area contributed by atoms with Gasteiger partial charge in [-0.05, 0) is 38.1 Å². The van der Waals surface area contributed by atoms with Gasteiger partial charge in [-0.1, -0.05) is 19.3 Å². The van der Waals surface area contributed by atoms with Crippen LogP contribution in [0.5, 0.6) is 0 Å². The summed E-state index contributed by atoms with van der Waals surface area (Å²) in [6.07, 6.45) is 8.45. The van der Waals surface area contributed by atoms with Gasteiger partial charge in [0.25, 0.3) is 0 Å². The summed E-state index contributed by atoms with van der Waals surface area (Å²) in [5.41, 5.74) is 6.08. The van der Waals surface area contributed by atoms with Crippen LogP contribution in [0.25, 0.3) is 0 Å². The molecule has 2 atom stereocenters. The zero-order valence-corrected chi connectivity index (χ0v) is 14.5. The Kier molecular flexibility index (Phi) is 5.69. The number of nitrogens with zero attached hydrogens (tertiary/aromatic N) is 1. The van der Waals surface area contributed by atoms with E-state index < -0.39 is 0 Å². The van der Waals surface area contributed by atoms with Crippen LogP contribution >= 0.6 is 11.8 Å². The van der Waals surface area contributed by atoms with E-state index in [1.165, 1.54) is 50.3 Å². The second-order valence-corrected chi connectivity index (χ2v) is 8.51. The Bertz CT molecular complexity index is 378. The van der Waals surface area contributed by atoms with Crippen molar-refractivity contribution in [1.29, 1.82) is 0 Å². The van der Waals surface area contributed by atoms with Crippen molar-refractivity contribution >= 4 is 17.7 Å². The molecule has 3 aliphatic rings. The fourth-order valence-corrected chi connectivity index (χ4v) is 5.63. The van der Waals surface area contributed by atoms with Crippen molar-refractivity contribution in [3.63, 3.8) is 0 Å². The molecule has 1 aliphatic heterocycles. The van der Waals surface area contributed by atoms with Crippen molar-refractivity contribution < 1.29 is 4.79 Å². The lowest BCUT2D eigenvalue weighted by atomic mass is 9.92. The molecule has 0 aromatic rings. The van der Waals surface area contributed by atoms with Crippen molar-refractivity contribution in [1.82, 2.24) is 10.2 Å². The van der Waals surface area contributed by atoms with Gasteiger partial charge in [-0.25, -0.2) is 0 Å². The summed E-state index contributed by atoms with van der Waals surface area (Å²) in [6, 6.07) is 0. The van der Waals surface area contributed by atoms with E-state index in [1.54, 1.807) is 0 Å². The molecule has 3 rings (SSSR count). The summed E-state index contributed by atoms with van der Waals surface area (Å²) in [5.74, 6) is 3.33. The SMILES string of the molecule is NC[C@H]1CCC[C@H]1C(=O)NCC1(N2CCSCC2)CCCC1. The average molecular weight is 326 g/mol. The van der Waals surface area contributed by atoms with Gasteiger partial charge in [-0.2, -0.15) is 11.8 Å². The van der Waals surface area contributed by atoms with Crippen LogP contribution in [0.2, 0.25) is 0 Å². The number of rotatable bonds is 5. The minimum absolute atomic E-state index is 0.167. The molecular weight excluding hydrogens is 294 g/mol. The first kappa shape index (κ1) is 16.6. The Labute approximate surface area is 138 Å². The van der Waals surface area contributed by atoms with Gasteiger partial charge >= 0.3 is 0 Å². The summed E-state index contributed by atoms with van der Waals surface area (Å²) >= 11 is 2.06. The second kappa shape index (κ2) is 7.54. The monoisotopic (exact) mass is 325 g/mol. The molecule has 2 saturated carbocycles. The first-order valence-corrected chi connectivity index (χ1v) is 10.2. The molecule has 2 aliphatic carbocycles. The average Bonchev–Trinajstić information content (AvgIpc) is 3.23. The van der Waals surface area contributed by atoms with Gasteiger partial charge in [0.2, 0.25) is 5.91 Å². The van der Waals surface area contributed by atoms with Crippen LogP contribution in [0.3, 0.4) is 0 Å². The van der Waals surface area contributed by atoms with E-state index in [0.29, 0.717) is 12.5 Å². The number of amides is 1. The smallest absolute Gasteiger partial charge is 0.223 e. The van der Waals surface area contributed by atoms with Crippen LogP contribution in [0.4, 0.5) is 0 Å². The minimum Gasteiger partial charge on any atom is -0.354 e. The van der Waals surface area contributed by atoms with Gasteiger partial charge in [0, 0.05) is 42.6 Å². The van der Waals surface area contributed by atoms with E-state index in [2.05, 4.69) is 22.0 Å². The molecule has 3 fully saturated rings. The number of nitrogens with two attached hydrogens (primary N) is 1. The molecule has 0 spiro atoms. The maximum Gasteiger partial charge on any atom is 0.223 e. The van der Waals surface area contributed by atoms with Crippen molar-refractivity contribution in [2.75, 3.05) is 37.7 Å². The molecule has 5 heteroatoms. The van der Waals surface area contributed by atoms with Crippen LogP contribution in [0.1, 0.15) is 44.9 Å². The van der Waals surface area contributed by atoms with Gasteiger partial charge in [-0.3, -0.25) is 9.69 Å². The first-order chi connectivity index (χ1) is 10.7. The fraction of sp³-hybridized carbons (Fsp3) is 0.941. The molecule has 4 nitrogen and oxygen atoms in total. The maximum atomic E-state index is 12.6. The third-order valence-electron chi connectivity index (χ3n) is 6.11. The third kappa shape index (κ3) is 3.46. The summed E-state index contributed by atoms with van der Waals surface area (Å²) in [5, 5.41) is 3.33. The first-order valence-electron chi connectivity index (χ1n) is 9.06. The predicted octanol–water partition coefficient (Wildman–Crippen LogP) is 1.84. The quantitative estimate of drug-likeness (QED) is 0.810. The summed E-state index contributed by atoms with van der Waals surface area (Å²) in [7, 11) is 0. The van der Waals surface area contributed by atoms with Gasteiger partial charge in [0.1, 0.15) is 0 Å². The van der Waals surface area contributed by atoms with Crippen molar-refractivity contribution in [2.45, 2.75) is 50.5 Å². The zero-order chi connectivity index (χ0) is 15.4. The molecule has 22 heavy (non-hydrogen) atoms. The standard InChI is InChI=1S/C17H31N3OS/c18-12-14-4-3-5-15(14)16(21)19-13-17(6-1-2-7-17)20-8-10-22-11-9-20/h14-15H,1-13,18H2,(H,19,21)/t14-,15-/m1/s1. The van der Waals surface area contributed by atoms with E-state index in [9.17, 15) is 4.79 Å². The van der Waals surface area contributed by atoms with Gasteiger partial charge in [0.15, 0.2) is 0 Å². The summed E-state index contributed by atoms with van der Waals surface area (Å²) in [6.45, 7) is 3.89. The zero-order valence-electron chi connectivity index (χ0n) is 13.7. The van der Waals surface area contributed by atoms with E-state index in [1.807, 2.05) is 0 Å². The number of carbonyl (C=O) groups excluding carboxylic acids is 1. The Balaban J connectivity index is 1.58. The lowest BCUT2D eigenvalue weighted by Gasteiger charge is -2.43. The molecule has 1 amide bonds. The summed E-state index contributed by atoms with van der Waals surface area (Å²) in [4.78, 5) is 15.3. The summed E-state index contributed by atoms with van der Waals surface area (Å²) < 4.78 is 0. The highest BCUT2D eigenvalue weighted by Crippen LogP contribution is 2.37. The maximum absolute atomic E-state index is 12.6. The third-order valence-corrected chi connectivity index (χ3v) is 7.05. The minimum atomic E-state index is 0.167. The molecule has 0 aromatic heterocycles. The number of hydrogen-bond acceptors (Lipinski definition) is 4. The number of nitrogens with one attached hydrogen (secondary N) is 1. The molecule has 3 N–H and O–H groups in total. The molecule has 0 radical (unpaired) electrons. The van der Waals surface area contributed by atoms with Crippen LogP contribution in [-0.2, 0) is 4.79 Å². The van der Waals surface area contributed by atoms with Crippen LogP contribution in [0.15, 0.2) is 0 Å². The van der Waals surface area contributed by atoms with Crippen molar-refractivity contribution in [2.24, 2.45) is 17.6 Å². The highest BCUT2D eigenvalue weighted by atomic mass is 32.2. The molecule has 0 bridgehead atoms. The topological polar surface area (TPSA) is 58.4 Å². The Morgan fingerprint density at radius 2 is 1.91 bits per heavy atom. The highest BCUT2D eigenvalue weighted by Gasteiger charge is 2.41. The molecule has 0 aromatic carbocycles. The van der Waals surface area contributed by atoms with Crippen molar-refractivity contribution in [3.05, 3.63) is 0 Å². The molecule has 0 unspecified atom stereocenters. The van der Waals surface area contributed by atoms with E-state index in [0.717, 1.165) is 25.8 Å². The van der Waals surface area contributed by atoms with Gasteiger partial charge in [-0.15, -0.1) is 0 Å². The van der Waals surface area contributed by atoms with Crippen LogP contribution in [0, 0.1) is 11.8 Å². The Morgan fingerprint density at radius 3 is 2.59 bits per heavy atom. The van der Waals surface area contributed by atoms with Crippen LogP contribution < -0.4 is 11.1 Å². The van der Waals surface area contributed by atoms with Gasteiger partial charge in [0.05, 0.1) is 0 Å². The number of carbonyl (C=O) groups is 1. The largest absolute Gasteiger partial charge is 0.354 e. The number of hydrogen-bond donors (Lipinski definition) is 2.